The number of hydrogen-bond donors (Lipinski definition) is 0. The van der Waals surface area contributed by atoms with E-state index in [1.54, 1.807) is 0 Å². The van der Waals surface area contributed by atoms with Crippen LogP contribution in [0.5, 0.6) is 0 Å². The number of nitrogens with zero attached hydrogens (tertiary/aromatic N) is 1. The summed E-state index contributed by atoms with van der Waals surface area (Å²) in [7, 11) is 1.17. The molecule has 0 aromatic rings. The number of allylic oxidation sites excluding steroid dienone is 6. The van der Waals surface area contributed by atoms with Crippen LogP contribution in [0.4, 0.5) is 0 Å². The lowest BCUT2D eigenvalue weighted by molar-refractivity contribution is -0.870. The molecule has 2 atom stereocenters. The largest absolute Gasteiger partial charge is 0.756 e. The smallest absolute Gasteiger partial charge is 0.306 e. The molecule has 0 spiro atoms. The summed E-state index contributed by atoms with van der Waals surface area (Å²) in [4.78, 5) is 37.8. The Bertz CT molecular complexity index is 1380. The molecule has 9 nitrogen and oxygen atoms in total. The molecule has 0 aromatic carbocycles. The predicted octanol–water partition coefficient (Wildman–Crippen LogP) is 20.1. The van der Waals surface area contributed by atoms with Crippen LogP contribution in [0.2, 0.25) is 0 Å². The van der Waals surface area contributed by atoms with Crippen molar-refractivity contribution in [3.63, 3.8) is 0 Å². The summed E-state index contributed by atoms with van der Waals surface area (Å²) < 4.78 is 34.1. The second kappa shape index (κ2) is 57.9. The van der Waals surface area contributed by atoms with Gasteiger partial charge in [-0.2, -0.15) is 0 Å². The number of rotatable bonds is 61. The third kappa shape index (κ3) is 61.4. The fraction of sp³-hybridized carbons (Fsp3) is 0.879. The maximum Gasteiger partial charge on any atom is 0.306 e. The van der Waals surface area contributed by atoms with Gasteiger partial charge in [-0.3, -0.25) is 14.2 Å². The number of phosphoric ester groups is 1. The normalized spacial score (nSPS) is 13.4. The van der Waals surface area contributed by atoms with Crippen LogP contribution in [0.3, 0.4) is 0 Å². The molecule has 0 aliphatic heterocycles. The Morgan fingerprint density at radius 2 is 0.737 bits per heavy atom. The zero-order chi connectivity index (χ0) is 55.6. The van der Waals surface area contributed by atoms with Gasteiger partial charge in [0.15, 0.2) is 6.10 Å². The van der Waals surface area contributed by atoms with E-state index in [4.69, 9.17) is 18.5 Å². The van der Waals surface area contributed by atoms with Gasteiger partial charge in [-0.05, 0) is 64.2 Å². The number of hydrogen-bond acceptors (Lipinski definition) is 8. The van der Waals surface area contributed by atoms with E-state index in [0.717, 1.165) is 64.2 Å². The van der Waals surface area contributed by atoms with Crippen LogP contribution in [0.15, 0.2) is 36.5 Å². The Labute approximate surface area is 471 Å². The molecule has 0 amide bonds. The molecule has 0 heterocycles. The zero-order valence-electron chi connectivity index (χ0n) is 51.0. The Morgan fingerprint density at radius 3 is 1.11 bits per heavy atom. The van der Waals surface area contributed by atoms with Gasteiger partial charge in [0.25, 0.3) is 7.82 Å². The Kier molecular flexibility index (Phi) is 56.6. The summed E-state index contributed by atoms with van der Waals surface area (Å²) in [6, 6.07) is 0. The van der Waals surface area contributed by atoms with Gasteiger partial charge in [0.1, 0.15) is 19.8 Å². The summed E-state index contributed by atoms with van der Waals surface area (Å²) in [5.74, 6) is -0.838. The predicted molar refractivity (Wildman–Crippen MR) is 324 cm³/mol. The van der Waals surface area contributed by atoms with Crippen molar-refractivity contribution in [3.8, 4) is 0 Å². The zero-order valence-corrected chi connectivity index (χ0v) is 51.9. The van der Waals surface area contributed by atoms with Crippen molar-refractivity contribution in [2.75, 3.05) is 47.5 Å². The number of likely N-dealkylation sites (N-methyl/N-ethyl adjacent to an activating group) is 1. The number of quaternary nitrogens is 1. The van der Waals surface area contributed by atoms with E-state index in [2.05, 4.69) is 50.3 Å². The van der Waals surface area contributed by atoms with Gasteiger partial charge in [0.2, 0.25) is 0 Å². The van der Waals surface area contributed by atoms with Crippen LogP contribution in [0, 0.1) is 0 Å². The average molecular weight is 1090 g/mol. The molecule has 0 radical (unpaired) electrons. The monoisotopic (exact) mass is 1090 g/mol. The molecular weight excluding hydrogens is 966 g/mol. The van der Waals surface area contributed by atoms with Gasteiger partial charge in [-0.1, -0.05) is 281 Å². The minimum Gasteiger partial charge on any atom is -0.756 e. The number of carbonyl (C=O) groups is 2. The minimum absolute atomic E-state index is 0.0322. The first-order chi connectivity index (χ1) is 37.0. The first-order valence-electron chi connectivity index (χ1n) is 32.7. The van der Waals surface area contributed by atoms with E-state index >= 15 is 0 Å². The Balaban J connectivity index is 3.82. The molecule has 0 N–H and O–H groups in total. The highest BCUT2D eigenvalue weighted by molar-refractivity contribution is 7.45. The molecule has 0 saturated heterocycles. The third-order valence-corrected chi connectivity index (χ3v) is 15.6. The highest BCUT2D eigenvalue weighted by Crippen LogP contribution is 2.38. The Hall–Kier alpha value is -1.77. The average Bonchev–Trinajstić information content (AvgIpc) is 3.38. The lowest BCUT2D eigenvalue weighted by atomic mass is 10.0. The number of carbonyl (C=O) groups excluding carboxylic acids is 2. The van der Waals surface area contributed by atoms with Gasteiger partial charge >= 0.3 is 11.9 Å². The van der Waals surface area contributed by atoms with Crippen molar-refractivity contribution < 1.29 is 42.1 Å². The summed E-state index contributed by atoms with van der Waals surface area (Å²) in [6.45, 7) is 4.19. The maximum absolute atomic E-state index is 12.7. The standard InChI is InChI=1S/C66H126NO8P/c1-6-8-10-12-14-16-18-20-21-22-23-24-25-26-27-28-29-30-31-32-33-34-35-36-37-38-39-40-41-42-43-44-45-47-48-50-52-54-56-58-65(68)72-62-64(63-74-76(70,71)73-61-60-67(3,4)5)75-66(69)59-57-55-53-51-49-46-19-17-15-13-11-9-7-2/h11,13,17,19,22-23,64H,6-10,12,14-16,18,20-21,24-63H2,1-5H3/b13-11-,19-17-,23-22-. The highest BCUT2D eigenvalue weighted by atomic mass is 31.2. The van der Waals surface area contributed by atoms with Crippen molar-refractivity contribution in [2.24, 2.45) is 0 Å². The summed E-state index contributed by atoms with van der Waals surface area (Å²) in [5.41, 5.74) is 0. The topological polar surface area (TPSA) is 111 Å². The lowest BCUT2D eigenvalue weighted by Crippen LogP contribution is -2.37. The van der Waals surface area contributed by atoms with E-state index in [-0.39, 0.29) is 32.0 Å². The molecule has 0 aliphatic carbocycles. The molecule has 10 heteroatoms. The lowest BCUT2D eigenvalue weighted by Gasteiger charge is -2.28. The molecule has 0 fully saturated rings. The number of ether oxygens (including phenoxy) is 2. The number of unbranched alkanes of at least 4 members (excludes halogenated alkanes) is 41. The van der Waals surface area contributed by atoms with Gasteiger partial charge < -0.3 is 27.9 Å². The van der Waals surface area contributed by atoms with Gasteiger partial charge in [0, 0.05) is 12.8 Å². The van der Waals surface area contributed by atoms with Crippen molar-refractivity contribution >= 4 is 19.8 Å². The fourth-order valence-electron chi connectivity index (χ4n) is 9.58. The van der Waals surface area contributed by atoms with E-state index in [1.165, 1.54) is 225 Å². The molecule has 2 unspecified atom stereocenters. The highest BCUT2D eigenvalue weighted by Gasteiger charge is 2.22. The minimum atomic E-state index is -4.63. The van der Waals surface area contributed by atoms with E-state index in [0.29, 0.717) is 17.4 Å². The fourth-order valence-corrected chi connectivity index (χ4v) is 10.3. The van der Waals surface area contributed by atoms with E-state index < -0.39 is 26.5 Å². The molecule has 0 saturated carbocycles. The number of phosphoric acid groups is 1. The van der Waals surface area contributed by atoms with Crippen LogP contribution in [-0.4, -0.2) is 70.0 Å². The molecule has 0 rings (SSSR count). The van der Waals surface area contributed by atoms with Crippen molar-refractivity contribution in [1.82, 2.24) is 0 Å². The van der Waals surface area contributed by atoms with Crippen LogP contribution in [0.1, 0.15) is 322 Å². The van der Waals surface area contributed by atoms with Crippen molar-refractivity contribution in [2.45, 2.75) is 328 Å². The van der Waals surface area contributed by atoms with Crippen LogP contribution < -0.4 is 4.89 Å². The molecule has 76 heavy (non-hydrogen) atoms. The van der Waals surface area contributed by atoms with E-state index in [1.807, 2.05) is 21.1 Å². The third-order valence-electron chi connectivity index (χ3n) is 14.6. The van der Waals surface area contributed by atoms with Crippen LogP contribution in [0.25, 0.3) is 0 Å². The maximum atomic E-state index is 12.7. The van der Waals surface area contributed by atoms with Gasteiger partial charge in [0.05, 0.1) is 27.7 Å². The van der Waals surface area contributed by atoms with Gasteiger partial charge in [-0.15, -0.1) is 0 Å². The first kappa shape index (κ1) is 74.2. The molecule has 0 bridgehead atoms. The quantitative estimate of drug-likeness (QED) is 0.0195. The summed E-state index contributed by atoms with van der Waals surface area (Å²) in [6.07, 6.45) is 72.6. The van der Waals surface area contributed by atoms with Gasteiger partial charge in [-0.25, -0.2) is 0 Å². The summed E-state index contributed by atoms with van der Waals surface area (Å²) >= 11 is 0. The van der Waals surface area contributed by atoms with Crippen molar-refractivity contribution in [1.29, 1.82) is 0 Å². The Morgan fingerprint density at radius 1 is 0.408 bits per heavy atom. The van der Waals surface area contributed by atoms with Crippen LogP contribution in [-0.2, 0) is 32.7 Å². The number of esters is 2. The van der Waals surface area contributed by atoms with E-state index in [9.17, 15) is 19.0 Å². The molecule has 448 valence electrons. The SMILES string of the molecule is CCC/C=C\C/C=C\CCCCCCCC(=O)OC(COC(=O)CCCCCCCCCCCCCCCCCCCCCCCCCCCCC/C=C\CCCCCCCCCC)COP(=O)([O-])OCC[N+](C)(C)C. The molecule has 0 aromatic heterocycles. The second-order valence-corrected chi connectivity index (χ2v) is 24.9. The van der Waals surface area contributed by atoms with Crippen LogP contribution >= 0.6 is 7.82 Å². The summed E-state index contributed by atoms with van der Waals surface area (Å²) in [5, 5.41) is 0. The first-order valence-corrected chi connectivity index (χ1v) is 34.2. The molecular formula is C66H126NO8P. The molecule has 0 aliphatic rings. The second-order valence-electron chi connectivity index (χ2n) is 23.5. The van der Waals surface area contributed by atoms with Crippen molar-refractivity contribution in [3.05, 3.63) is 36.5 Å².